The van der Waals surface area contributed by atoms with E-state index in [1.807, 2.05) is 0 Å². The van der Waals surface area contributed by atoms with Crippen molar-refractivity contribution in [3.63, 3.8) is 0 Å². The van der Waals surface area contributed by atoms with Crippen molar-refractivity contribution in [3.8, 4) is 5.88 Å². The van der Waals surface area contributed by atoms with Crippen molar-refractivity contribution < 1.29 is 27.4 Å². The summed E-state index contributed by atoms with van der Waals surface area (Å²) in [5.74, 6) is -0.435. The van der Waals surface area contributed by atoms with Gasteiger partial charge in [-0.25, -0.2) is 4.98 Å². The Kier molecular flexibility index (Phi) is 7.04. The van der Waals surface area contributed by atoms with E-state index in [9.17, 15) is 18.0 Å². The summed E-state index contributed by atoms with van der Waals surface area (Å²) in [4.78, 5) is 16.6. The summed E-state index contributed by atoms with van der Waals surface area (Å²) >= 11 is 6.02. The van der Waals surface area contributed by atoms with Gasteiger partial charge in [-0.05, 0) is 30.7 Å². The van der Waals surface area contributed by atoms with Crippen LogP contribution in [0, 0.1) is 0 Å². The van der Waals surface area contributed by atoms with E-state index in [4.69, 9.17) is 21.1 Å². The van der Waals surface area contributed by atoms with E-state index in [1.54, 1.807) is 6.92 Å². The molecule has 0 aliphatic rings. The van der Waals surface area contributed by atoms with E-state index < -0.39 is 23.7 Å². The normalized spacial score (nSPS) is 12.5. The van der Waals surface area contributed by atoms with Gasteiger partial charge in [0, 0.05) is 13.2 Å². The Bertz CT molecular complexity index is 800. The van der Waals surface area contributed by atoms with Gasteiger partial charge >= 0.3 is 6.18 Å². The van der Waals surface area contributed by atoms with E-state index in [-0.39, 0.29) is 28.8 Å². The molecular weight excluding hydrogens is 385 g/mol. The number of carbonyl (C=O) groups is 1. The van der Waals surface area contributed by atoms with Crippen molar-refractivity contribution in [1.29, 1.82) is 0 Å². The molecule has 0 fully saturated rings. The molecule has 1 atom stereocenters. The van der Waals surface area contributed by atoms with Crippen LogP contribution >= 0.6 is 11.6 Å². The van der Waals surface area contributed by atoms with Gasteiger partial charge in [0.05, 0.1) is 29.8 Å². The number of hydrogen-bond acceptors (Lipinski definition) is 4. The molecule has 146 valence electrons. The van der Waals surface area contributed by atoms with Crippen molar-refractivity contribution in [2.45, 2.75) is 19.1 Å². The highest BCUT2D eigenvalue weighted by atomic mass is 35.5. The third-order valence-corrected chi connectivity index (χ3v) is 3.89. The Balaban J connectivity index is 2.29. The number of benzene rings is 1. The minimum atomic E-state index is -4.49. The summed E-state index contributed by atoms with van der Waals surface area (Å²) in [6.07, 6.45) is -4.49. The molecule has 1 aromatic heterocycles. The first-order valence-corrected chi connectivity index (χ1v) is 8.40. The van der Waals surface area contributed by atoms with Crippen LogP contribution in [-0.2, 0) is 10.9 Å². The molecule has 0 aliphatic carbocycles. The number of nitrogens with zero attached hydrogens (tertiary/aromatic N) is 1. The van der Waals surface area contributed by atoms with Gasteiger partial charge in [-0.2, -0.15) is 13.2 Å². The van der Waals surface area contributed by atoms with Crippen LogP contribution in [0.15, 0.2) is 36.4 Å². The van der Waals surface area contributed by atoms with E-state index in [2.05, 4.69) is 10.3 Å². The SMILES string of the molecule is CCOc1ccc(Cl)c(C(=O)NC(COC)c2cccc(C(F)(F)F)c2)n1. The van der Waals surface area contributed by atoms with E-state index in [1.165, 1.54) is 31.4 Å². The molecule has 9 heteroatoms. The van der Waals surface area contributed by atoms with Crippen LogP contribution in [0.5, 0.6) is 5.88 Å². The van der Waals surface area contributed by atoms with Gasteiger partial charge in [0.1, 0.15) is 0 Å². The Hall–Kier alpha value is -2.32. The summed E-state index contributed by atoms with van der Waals surface area (Å²) in [5, 5.41) is 2.70. The van der Waals surface area contributed by atoms with Gasteiger partial charge in [0.2, 0.25) is 5.88 Å². The Morgan fingerprint density at radius 2 is 2.04 bits per heavy atom. The Morgan fingerprint density at radius 3 is 2.67 bits per heavy atom. The number of nitrogens with one attached hydrogen (secondary N) is 1. The zero-order chi connectivity index (χ0) is 20.0. The Morgan fingerprint density at radius 1 is 1.30 bits per heavy atom. The molecular formula is C18H18ClF3N2O3. The predicted molar refractivity (Wildman–Crippen MR) is 93.9 cm³/mol. The van der Waals surface area contributed by atoms with Crippen molar-refractivity contribution in [2.24, 2.45) is 0 Å². The van der Waals surface area contributed by atoms with Crippen molar-refractivity contribution >= 4 is 17.5 Å². The fraction of sp³-hybridized carbons (Fsp3) is 0.333. The molecule has 27 heavy (non-hydrogen) atoms. The average molecular weight is 403 g/mol. The molecule has 0 spiro atoms. The molecule has 0 saturated heterocycles. The zero-order valence-electron chi connectivity index (χ0n) is 14.6. The predicted octanol–water partition coefficient (Wildman–Crippen LogP) is 4.27. The van der Waals surface area contributed by atoms with Crippen LogP contribution in [-0.4, -0.2) is 31.2 Å². The molecule has 1 unspecified atom stereocenters. The van der Waals surface area contributed by atoms with Gasteiger partial charge < -0.3 is 14.8 Å². The number of alkyl halides is 3. The monoisotopic (exact) mass is 402 g/mol. The summed E-state index contributed by atoms with van der Waals surface area (Å²) < 4.78 is 49.1. The van der Waals surface area contributed by atoms with Crippen LogP contribution in [0.2, 0.25) is 5.02 Å². The lowest BCUT2D eigenvalue weighted by molar-refractivity contribution is -0.137. The maximum Gasteiger partial charge on any atom is 0.416 e. The lowest BCUT2D eigenvalue weighted by Gasteiger charge is -2.20. The molecule has 0 bridgehead atoms. The number of pyridine rings is 1. The van der Waals surface area contributed by atoms with Crippen molar-refractivity contribution in [2.75, 3.05) is 20.3 Å². The quantitative estimate of drug-likeness (QED) is 0.751. The second kappa shape index (κ2) is 9.05. The first-order valence-electron chi connectivity index (χ1n) is 8.02. The minimum absolute atomic E-state index is 0.0319. The fourth-order valence-corrected chi connectivity index (χ4v) is 2.55. The van der Waals surface area contributed by atoms with Gasteiger partial charge in [0.25, 0.3) is 5.91 Å². The van der Waals surface area contributed by atoms with Crippen LogP contribution < -0.4 is 10.1 Å². The van der Waals surface area contributed by atoms with Gasteiger partial charge in [0.15, 0.2) is 5.69 Å². The molecule has 0 radical (unpaired) electrons. The maximum atomic E-state index is 13.0. The third-order valence-electron chi connectivity index (χ3n) is 3.58. The highest BCUT2D eigenvalue weighted by molar-refractivity contribution is 6.33. The van der Waals surface area contributed by atoms with Crippen LogP contribution in [0.1, 0.15) is 34.6 Å². The molecule has 2 aromatic rings. The van der Waals surface area contributed by atoms with Gasteiger partial charge in [-0.15, -0.1) is 0 Å². The second-order valence-electron chi connectivity index (χ2n) is 5.52. The highest BCUT2D eigenvalue weighted by Crippen LogP contribution is 2.31. The number of aromatic nitrogens is 1. The summed E-state index contributed by atoms with van der Waals surface area (Å²) in [6.45, 7) is 2.08. The topological polar surface area (TPSA) is 60.5 Å². The van der Waals surface area contributed by atoms with E-state index >= 15 is 0 Å². The van der Waals surface area contributed by atoms with Crippen LogP contribution in [0.25, 0.3) is 0 Å². The van der Waals surface area contributed by atoms with Gasteiger partial charge in [-0.1, -0.05) is 23.7 Å². The Labute approximate surface area is 159 Å². The van der Waals surface area contributed by atoms with Gasteiger partial charge in [-0.3, -0.25) is 4.79 Å². The van der Waals surface area contributed by atoms with Crippen LogP contribution in [0.4, 0.5) is 13.2 Å². The lowest BCUT2D eigenvalue weighted by Crippen LogP contribution is -2.32. The largest absolute Gasteiger partial charge is 0.478 e. The molecule has 0 aliphatic heterocycles. The average Bonchev–Trinajstić information content (AvgIpc) is 2.62. The van der Waals surface area contributed by atoms with E-state index in [0.29, 0.717) is 6.61 Å². The molecule has 1 aromatic carbocycles. The maximum absolute atomic E-state index is 13.0. The summed E-state index contributed by atoms with van der Waals surface area (Å²) in [6, 6.07) is 6.83. The second-order valence-corrected chi connectivity index (χ2v) is 5.92. The smallest absolute Gasteiger partial charge is 0.416 e. The number of carbonyl (C=O) groups excluding carboxylic acids is 1. The van der Waals surface area contributed by atoms with Crippen LogP contribution in [0.3, 0.4) is 0 Å². The number of amides is 1. The number of hydrogen-bond donors (Lipinski definition) is 1. The third kappa shape index (κ3) is 5.58. The summed E-state index contributed by atoms with van der Waals surface area (Å²) in [5.41, 5.74) is -0.655. The number of ether oxygens (including phenoxy) is 2. The molecule has 0 saturated carbocycles. The highest BCUT2D eigenvalue weighted by Gasteiger charge is 2.31. The van der Waals surface area contributed by atoms with E-state index in [0.717, 1.165) is 12.1 Å². The lowest BCUT2D eigenvalue weighted by atomic mass is 10.0. The first kappa shape index (κ1) is 21.0. The first-order chi connectivity index (χ1) is 12.8. The molecule has 1 amide bonds. The molecule has 1 heterocycles. The fourth-order valence-electron chi connectivity index (χ4n) is 2.36. The summed E-state index contributed by atoms with van der Waals surface area (Å²) in [7, 11) is 1.38. The molecule has 5 nitrogen and oxygen atoms in total. The molecule has 1 N–H and O–H groups in total. The number of methoxy groups -OCH3 is 1. The van der Waals surface area contributed by atoms with Crippen molar-refractivity contribution in [1.82, 2.24) is 10.3 Å². The standard InChI is InChI=1S/C18H18ClF3N2O3/c1-3-27-15-8-7-13(19)16(24-15)17(25)23-14(10-26-2)11-5-4-6-12(9-11)18(20,21)22/h4-9,14H,3,10H2,1-2H3,(H,23,25). The minimum Gasteiger partial charge on any atom is -0.478 e. The number of rotatable bonds is 7. The zero-order valence-corrected chi connectivity index (χ0v) is 15.4. The number of halogens is 4. The molecule has 2 rings (SSSR count). The van der Waals surface area contributed by atoms with Crippen molar-refractivity contribution in [3.05, 3.63) is 58.2 Å².